The first-order chi connectivity index (χ1) is 21.1. The number of aromatic nitrogens is 3. The Bertz CT molecular complexity index is 1970. The van der Waals surface area contributed by atoms with E-state index < -0.39 is 53.2 Å². The molecule has 1 aliphatic heterocycles. The topological polar surface area (TPSA) is 120 Å². The maximum absolute atomic E-state index is 14.3. The van der Waals surface area contributed by atoms with Crippen LogP contribution in [0.5, 0.6) is 5.75 Å². The Morgan fingerprint density at radius 1 is 1.21 bits per heavy atom. The van der Waals surface area contributed by atoms with Gasteiger partial charge in [-0.2, -0.15) is 0 Å². The van der Waals surface area contributed by atoms with Gasteiger partial charge in [-0.1, -0.05) is 15.9 Å². The fourth-order valence-electron chi connectivity index (χ4n) is 4.64. The summed E-state index contributed by atoms with van der Waals surface area (Å²) in [6, 6.07) is 10.2. The molecule has 1 unspecified atom stereocenters. The second kappa shape index (κ2) is 10.6. The number of benzene rings is 1. The van der Waals surface area contributed by atoms with Crippen molar-refractivity contribution in [2.24, 2.45) is 0 Å². The Hall–Kier alpha value is -3.62. The van der Waals surface area contributed by atoms with Crippen LogP contribution in [-0.4, -0.2) is 54.3 Å². The van der Waals surface area contributed by atoms with Crippen LogP contribution in [0, 0.1) is 0 Å². The highest BCUT2D eigenvalue weighted by atomic mass is 79.9. The molecule has 1 fully saturated rings. The SMILES string of the molecule is [2H]C([2H])([2H])Oc1ccc(-c2ccc3cnc(CNC(=O)c4cc(Br)c5c(c4)S(=O)(=O)[C@@H](F)COC5)cc3n2)nc1C1CC1(F)F. The van der Waals surface area contributed by atoms with E-state index >= 15 is 0 Å². The molecule has 3 aromatic heterocycles. The Balaban J connectivity index is 1.24. The van der Waals surface area contributed by atoms with Crippen LogP contribution in [0.15, 0.2) is 58.0 Å². The lowest BCUT2D eigenvalue weighted by molar-refractivity contribution is 0.0946. The van der Waals surface area contributed by atoms with Gasteiger partial charge < -0.3 is 14.8 Å². The molecule has 1 aromatic carbocycles. The number of fused-ring (bicyclic) bond motifs is 2. The Morgan fingerprint density at radius 2 is 1.98 bits per heavy atom. The predicted octanol–water partition coefficient (Wildman–Crippen LogP) is 5.12. The molecule has 4 aromatic rings. The monoisotopic (exact) mass is 665 g/mol. The van der Waals surface area contributed by atoms with Crippen LogP contribution < -0.4 is 10.1 Å². The molecule has 2 aliphatic rings. The number of sulfone groups is 1. The molecule has 4 heterocycles. The van der Waals surface area contributed by atoms with Crippen LogP contribution >= 0.6 is 15.9 Å². The average molecular weight is 666 g/mol. The number of amides is 1. The zero-order valence-corrected chi connectivity index (χ0v) is 23.8. The smallest absolute Gasteiger partial charge is 0.257 e. The van der Waals surface area contributed by atoms with Crippen LogP contribution in [0.3, 0.4) is 0 Å². The number of nitrogens with one attached hydrogen (secondary N) is 1. The van der Waals surface area contributed by atoms with E-state index in [-0.39, 0.29) is 50.8 Å². The third-order valence-corrected chi connectivity index (χ3v) is 9.52. The summed E-state index contributed by atoms with van der Waals surface area (Å²) >= 11 is 3.25. The molecule has 6 rings (SSSR count). The Labute approximate surface area is 250 Å². The summed E-state index contributed by atoms with van der Waals surface area (Å²) in [6.07, 6.45) is 1.05. The Morgan fingerprint density at radius 3 is 2.74 bits per heavy atom. The van der Waals surface area contributed by atoms with E-state index in [1.807, 2.05) is 0 Å². The number of halogens is 4. The first kappa shape index (κ1) is 24.9. The van der Waals surface area contributed by atoms with E-state index in [0.29, 0.717) is 22.3 Å². The van der Waals surface area contributed by atoms with E-state index in [1.165, 1.54) is 24.4 Å². The van der Waals surface area contributed by atoms with Gasteiger partial charge in [0.05, 0.1) is 70.0 Å². The molecule has 9 nitrogen and oxygen atoms in total. The van der Waals surface area contributed by atoms with Gasteiger partial charge in [0.2, 0.25) is 15.3 Å². The summed E-state index contributed by atoms with van der Waals surface area (Å²) in [5.74, 6) is -5.18. The quantitative estimate of drug-likeness (QED) is 0.302. The molecule has 0 radical (unpaired) electrons. The van der Waals surface area contributed by atoms with Gasteiger partial charge in [-0.3, -0.25) is 9.78 Å². The van der Waals surface area contributed by atoms with Crippen molar-refractivity contribution in [1.29, 1.82) is 0 Å². The fourth-order valence-corrected chi connectivity index (χ4v) is 6.70. The zero-order chi connectivity index (χ0) is 32.3. The van der Waals surface area contributed by atoms with E-state index in [9.17, 15) is 26.4 Å². The molecular weight excluding hydrogens is 641 g/mol. The molecule has 1 amide bonds. The minimum atomic E-state index is -4.37. The van der Waals surface area contributed by atoms with Gasteiger partial charge in [-0.25, -0.2) is 31.6 Å². The van der Waals surface area contributed by atoms with Crippen molar-refractivity contribution in [3.05, 3.63) is 75.6 Å². The molecule has 0 bridgehead atoms. The number of alkyl halides is 3. The summed E-state index contributed by atoms with van der Waals surface area (Å²) in [6.45, 7) is -0.832. The van der Waals surface area contributed by atoms with Crippen LogP contribution in [0.1, 0.15) is 43.8 Å². The first-order valence-corrected chi connectivity index (χ1v) is 14.9. The van der Waals surface area contributed by atoms with Crippen LogP contribution in [-0.2, 0) is 27.7 Å². The van der Waals surface area contributed by atoms with Crippen molar-refractivity contribution in [1.82, 2.24) is 20.3 Å². The number of ether oxygens (including phenoxy) is 2. The molecular formula is C28H22BrF3N4O5S. The standard InChI is InChI=1S/C28H22BrF3N4O5S/c1-40-23-5-4-21(36-26(23)18-9-28(18,31)32)20-3-2-14-10-33-16(8-22(14)35-20)11-34-27(37)15-6-19(29)17-12-41-13-25(30)42(38,39)24(17)7-15/h2-8,10,18,25H,9,11-13H2,1H3,(H,34,37)/t18?,25-/m1/s1/i1D3. The summed E-state index contributed by atoms with van der Waals surface area (Å²) in [4.78, 5) is 25.8. The van der Waals surface area contributed by atoms with Gasteiger partial charge in [-0.05, 0) is 42.5 Å². The van der Waals surface area contributed by atoms with Gasteiger partial charge in [0.15, 0.2) is 0 Å². The van der Waals surface area contributed by atoms with Crippen molar-refractivity contribution in [2.75, 3.05) is 13.6 Å². The lowest BCUT2D eigenvalue weighted by atomic mass is 10.1. The lowest BCUT2D eigenvalue weighted by Gasteiger charge is -2.12. The number of methoxy groups -OCH3 is 1. The average Bonchev–Trinajstić information content (AvgIpc) is 3.64. The third kappa shape index (κ3) is 5.22. The number of pyridine rings is 3. The molecule has 1 aliphatic carbocycles. The fraction of sp³-hybridized carbons (Fsp3) is 0.286. The second-order valence-electron chi connectivity index (χ2n) is 9.85. The summed E-state index contributed by atoms with van der Waals surface area (Å²) < 4.78 is 99.8. The van der Waals surface area contributed by atoms with Gasteiger partial charge in [0.1, 0.15) is 5.75 Å². The van der Waals surface area contributed by atoms with Gasteiger partial charge in [-0.15, -0.1) is 0 Å². The Kier molecular flexibility index (Phi) is 6.28. The normalized spacial score (nSPS) is 21.8. The third-order valence-electron chi connectivity index (χ3n) is 7.03. The van der Waals surface area contributed by atoms with Crippen LogP contribution in [0.4, 0.5) is 13.2 Å². The number of hydrogen-bond acceptors (Lipinski definition) is 8. The number of hydrogen-bond donors (Lipinski definition) is 1. The number of nitrogens with zero attached hydrogens (tertiary/aromatic N) is 3. The van der Waals surface area contributed by atoms with Crippen molar-refractivity contribution in [3.8, 4) is 17.1 Å². The van der Waals surface area contributed by atoms with Crippen molar-refractivity contribution in [3.63, 3.8) is 0 Å². The van der Waals surface area contributed by atoms with E-state index in [0.717, 1.165) is 6.07 Å². The van der Waals surface area contributed by atoms with Crippen LogP contribution in [0.2, 0.25) is 0 Å². The predicted molar refractivity (Wildman–Crippen MR) is 149 cm³/mol. The van der Waals surface area contributed by atoms with Gasteiger partial charge in [0.25, 0.3) is 11.8 Å². The second-order valence-corrected chi connectivity index (χ2v) is 12.7. The number of carbonyl (C=O) groups is 1. The summed E-state index contributed by atoms with van der Waals surface area (Å²) in [7, 11) is -7.22. The maximum Gasteiger partial charge on any atom is 0.257 e. The lowest BCUT2D eigenvalue weighted by Crippen LogP contribution is -2.24. The highest BCUT2D eigenvalue weighted by Gasteiger charge is 2.59. The maximum atomic E-state index is 14.3. The molecule has 14 heteroatoms. The number of carbonyl (C=O) groups excluding carboxylic acids is 1. The van der Waals surface area contributed by atoms with Gasteiger partial charge >= 0.3 is 0 Å². The minimum absolute atomic E-state index is 0.0199. The summed E-state index contributed by atoms with van der Waals surface area (Å²) in [5.41, 5.74) is -0.843. The molecule has 2 atom stereocenters. The van der Waals surface area contributed by atoms with Crippen molar-refractivity contribution in [2.45, 2.75) is 41.8 Å². The zero-order valence-electron chi connectivity index (χ0n) is 24.4. The largest absolute Gasteiger partial charge is 0.495 e. The van der Waals surface area contributed by atoms with E-state index in [1.54, 1.807) is 18.2 Å². The molecule has 42 heavy (non-hydrogen) atoms. The minimum Gasteiger partial charge on any atom is -0.495 e. The number of rotatable bonds is 6. The van der Waals surface area contributed by atoms with Crippen molar-refractivity contribution < 1.29 is 40.0 Å². The molecule has 1 N–H and O–H groups in total. The van der Waals surface area contributed by atoms with Crippen molar-refractivity contribution >= 4 is 42.6 Å². The van der Waals surface area contributed by atoms with E-state index in [2.05, 4.69) is 36.2 Å². The highest BCUT2D eigenvalue weighted by Crippen LogP contribution is 2.57. The first-order valence-electron chi connectivity index (χ1n) is 14.0. The summed E-state index contributed by atoms with van der Waals surface area (Å²) in [5, 5.41) is 3.29. The highest BCUT2D eigenvalue weighted by molar-refractivity contribution is 9.10. The van der Waals surface area contributed by atoms with Gasteiger partial charge in [0, 0.05) is 33.6 Å². The van der Waals surface area contributed by atoms with E-state index in [4.69, 9.17) is 13.6 Å². The van der Waals surface area contributed by atoms with Crippen LogP contribution in [0.25, 0.3) is 22.3 Å². The molecule has 0 spiro atoms. The molecule has 218 valence electrons. The molecule has 0 saturated heterocycles. The molecule has 1 saturated carbocycles.